The Morgan fingerprint density at radius 2 is 1.28 bits per heavy atom. The molecule has 0 saturated heterocycles. The van der Waals surface area contributed by atoms with E-state index in [1.54, 1.807) is 0 Å². The molecule has 2 aromatic carbocycles. The number of rotatable bonds is 7. The highest BCUT2D eigenvalue weighted by atomic mass is 16.3. The van der Waals surface area contributed by atoms with Gasteiger partial charge in [-0.15, -0.1) is 0 Å². The van der Waals surface area contributed by atoms with Crippen molar-refractivity contribution in [1.82, 2.24) is 10.6 Å². The Labute approximate surface area is 283 Å². The first-order chi connectivity index (χ1) is 22.5. The van der Waals surface area contributed by atoms with Crippen molar-refractivity contribution in [3.05, 3.63) is 74.5 Å². The summed E-state index contributed by atoms with van der Waals surface area (Å²) in [7, 11) is 0. The van der Waals surface area contributed by atoms with Crippen LogP contribution in [-0.4, -0.2) is 30.0 Å². The van der Waals surface area contributed by atoms with Crippen LogP contribution in [0.2, 0.25) is 0 Å². The van der Waals surface area contributed by atoms with Gasteiger partial charge in [0.05, 0.1) is 12.0 Å². The minimum atomic E-state index is -0.241. The number of amides is 2. The molecule has 7 rings (SSSR count). The van der Waals surface area contributed by atoms with Crippen LogP contribution in [0.25, 0.3) is 5.57 Å². The fraction of sp³-hybridized carbons (Fsp3) is 0.619. The van der Waals surface area contributed by atoms with Crippen molar-refractivity contribution >= 4 is 17.4 Å². The van der Waals surface area contributed by atoms with E-state index in [0.717, 1.165) is 54.8 Å². The van der Waals surface area contributed by atoms with Crippen LogP contribution in [-0.2, 0) is 16.0 Å². The monoisotopic (exact) mass is 638 g/mol. The highest BCUT2D eigenvalue weighted by Gasteiger charge is 2.43. The van der Waals surface area contributed by atoms with Gasteiger partial charge in [0.2, 0.25) is 5.91 Å². The van der Waals surface area contributed by atoms with Gasteiger partial charge in [0.15, 0.2) is 0 Å². The standard InChI is InChI=1S/C21H27NO2.C21H31NO/c1-13-10-16(15-6-7-15)11-14(2)17(13)18-19(23)21(12-22-20(18)24)8-4-3-5-9-21;1-15-11-18(17-7-8-17)12-16(2)19(15)13-20(23)22-14-21(3)9-5-4-6-10-21/h10-11,15,23H,3-9,12H2,1-2H3,(H,22,24);11-12,17H,4-10,13-14H2,1-3H3,(H,22,23). The first-order valence-electron chi connectivity index (χ1n) is 18.7. The van der Waals surface area contributed by atoms with Crippen molar-refractivity contribution in [3.63, 3.8) is 0 Å². The molecule has 2 amide bonds. The molecule has 4 saturated carbocycles. The Morgan fingerprint density at radius 1 is 0.787 bits per heavy atom. The van der Waals surface area contributed by atoms with Gasteiger partial charge in [-0.1, -0.05) is 69.7 Å². The van der Waals surface area contributed by atoms with Crippen LogP contribution in [0.15, 0.2) is 30.0 Å². The lowest BCUT2D eigenvalue weighted by atomic mass is 9.69. The lowest BCUT2D eigenvalue weighted by molar-refractivity contribution is -0.121. The van der Waals surface area contributed by atoms with E-state index in [4.69, 9.17) is 0 Å². The molecule has 254 valence electrons. The number of carbonyl (C=O) groups is 2. The average Bonchev–Trinajstić information content (AvgIpc) is 3.96. The quantitative estimate of drug-likeness (QED) is 0.283. The molecule has 0 radical (unpaired) electrons. The topological polar surface area (TPSA) is 78.4 Å². The molecule has 5 nitrogen and oxygen atoms in total. The van der Waals surface area contributed by atoms with Crippen LogP contribution in [0, 0.1) is 38.5 Å². The van der Waals surface area contributed by atoms with E-state index in [0.29, 0.717) is 35.6 Å². The summed E-state index contributed by atoms with van der Waals surface area (Å²) in [4.78, 5) is 25.1. The molecule has 3 N–H and O–H groups in total. The van der Waals surface area contributed by atoms with Gasteiger partial charge in [-0.05, 0) is 141 Å². The second kappa shape index (κ2) is 13.8. The molecule has 0 unspecified atom stereocenters. The van der Waals surface area contributed by atoms with E-state index in [1.165, 1.54) is 92.0 Å². The van der Waals surface area contributed by atoms with Gasteiger partial charge >= 0.3 is 0 Å². The van der Waals surface area contributed by atoms with Crippen LogP contribution >= 0.6 is 0 Å². The van der Waals surface area contributed by atoms with Crippen molar-refractivity contribution in [2.24, 2.45) is 10.8 Å². The summed E-state index contributed by atoms with van der Waals surface area (Å²) < 4.78 is 0. The predicted octanol–water partition coefficient (Wildman–Crippen LogP) is 9.34. The molecule has 1 aliphatic heterocycles. The van der Waals surface area contributed by atoms with Gasteiger partial charge in [-0.2, -0.15) is 0 Å². The van der Waals surface area contributed by atoms with Gasteiger partial charge in [0.1, 0.15) is 5.76 Å². The first-order valence-corrected chi connectivity index (χ1v) is 18.7. The minimum Gasteiger partial charge on any atom is -0.511 e. The zero-order chi connectivity index (χ0) is 33.3. The largest absolute Gasteiger partial charge is 0.511 e. The van der Waals surface area contributed by atoms with Crippen LogP contribution in [0.4, 0.5) is 0 Å². The van der Waals surface area contributed by atoms with E-state index >= 15 is 0 Å². The fourth-order valence-electron chi connectivity index (χ4n) is 8.79. The van der Waals surface area contributed by atoms with Crippen molar-refractivity contribution < 1.29 is 14.7 Å². The number of carbonyl (C=O) groups excluding carboxylic acids is 2. The van der Waals surface area contributed by atoms with Crippen molar-refractivity contribution in [2.45, 2.75) is 143 Å². The fourth-order valence-corrected chi connectivity index (χ4v) is 8.79. The predicted molar refractivity (Wildman–Crippen MR) is 192 cm³/mol. The normalized spacial score (nSPS) is 21.9. The minimum absolute atomic E-state index is 0.117. The van der Waals surface area contributed by atoms with Crippen molar-refractivity contribution in [1.29, 1.82) is 0 Å². The second-order valence-electron chi connectivity index (χ2n) is 16.3. The van der Waals surface area contributed by atoms with Gasteiger partial charge in [0, 0.05) is 18.5 Å². The molecule has 47 heavy (non-hydrogen) atoms. The third-order valence-corrected chi connectivity index (χ3v) is 12.1. The van der Waals surface area contributed by atoms with Gasteiger partial charge in [0.25, 0.3) is 5.91 Å². The molecule has 1 spiro atoms. The third kappa shape index (κ3) is 7.65. The molecule has 2 aromatic rings. The Bertz CT molecular complexity index is 1480. The molecular formula is C42H58N2O3. The molecule has 1 heterocycles. The Kier molecular flexibility index (Phi) is 9.93. The highest BCUT2D eigenvalue weighted by Crippen LogP contribution is 2.47. The average molecular weight is 639 g/mol. The summed E-state index contributed by atoms with van der Waals surface area (Å²) in [5.41, 5.74) is 10.4. The molecule has 0 bridgehead atoms. The summed E-state index contributed by atoms with van der Waals surface area (Å²) >= 11 is 0. The summed E-state index contributed by atoms with van der Waals surface area (Å²) in [6, 6.07) is 9.04. The van der Waals surface area contributed by atoms with Gasteiger partial charge in [-0.3, -0.25) is 9.59 Å². The van der Waals surface area contributed by atoms with Gasteiger partial charge < -0.3 is 15.7 Å². The SMILES string of the molecule is Cc1cc(C2CC2)cc(C)c1C1=C(O)C2(CCCCC2)CNC1=O.Cc1cc(C2CC2)cc(C)c1CC(=O)NCC1(C)CCCCC1. The van der Waals surface area contributed by atoms with Crippen LogP contribution in [0.3, 0.4) is 0 Å². The Morgan fingerprint density at radius 3 is 1.79 bits per heavy atom. The van der Waals surface area contributed by atoms with E-state index < -0.39 is 0 Å². The van der Waals surface area contributed by atoms with Crippen LogP contribution < -0.4 is 10.6 Å². The maximum absolute atomic E-state index is 12.6. The number of aliphatic hydroxyl groups excluding tert-OH is 1. The first kappa shape index (κ1) is 33.8. The summed E-state index contributed by atoms with van der Waals surface area (Å²) in [6.07, 6.45) is 17.7. The number of hydrogen-bond acceptors (Lipinski definition) is 3. The van der Waals surface area contributed by atoms with Crippen LogP contribution in [0.5, 0.6) is 0 Å². The zero-order valence-corrected chi connectivity index (χ0v) is 29.7. The van der Waals surface area contributed by atoms with Crippen molar-refractivity contribution in [2.75, 3.05) is 13.1 Å². The lowest BCUT2D eigenvalue weighted by Crippen LogP contribution is -2.46. The van der Waals surface area contributed by atoms with Gasteiger partial charge in [-0.25, -0.2) is 0 Å². The number of benzene rings is 2. The number of aryl methyl sites for hydroxylation is 4. The number of hydrogen-bond donors (Lipinski definition) is 3. The Hall–Kier alpha value is -3.08. The Balaban J connectivity index is 0.000000165. The molecule has 5 aliphatic rings. The maximum atomic E-state index is 12.6. The summed E-state index contributed by atoms with van der Waals surface area (Å²) in [6.45, 7) is 12.2. The molecular weight excluding hydrogens is 580 g/mol. The number of aliphatic hydroxyl groups is 1. The highest BCUT2D eigenvalue weighted by molar-refractivity contribution is 6.21. The van der Waals surface area contributed by atoms with E-state index in [9.17, 15) is 14.7 Å². The van der Waals surface area contributed by atoms with Crippen molar-refractivity contribution in [3.8, 4) is 0 Å². The molecule has 4 fully saturated rings. The zero-order valence-electron chi connectivity index (χ0n) is 29.7. The number of nitrogens with one attached hydrogen (secondary N) is 2. The van der Waals surface area contributed by atoms with E-state index in [1.807, 2.05) is 0 Å². The second-order valence-corrected chi connectivity index (χ2v) is 16.3. The molecule has 0 aromatic heterocycles. The summed E-state index contributed by atoms with van der Waals surface area (Å²) in [5.74, 6) is 1.89. The smallest absolute Gasteiger partial charge is 0.255 e. The van der Waals surface area contributed by atoms with E-state index in [-0.39, 0.29) is 17.2 Å². The van der Waals surface area contributed by atoms with E-state index in [2.05, 4.69) is 69.5 Å². The third-order valence-electron chi connectivity index (χ3n) is 12.1. The van der Waals surface area contributed by atoms with Crippen LogP contribution in [0.1, 0.15) is 153 Å². The lowest BCUT2D eigenvalue weighted by Gasteiger charge is -2.41. The molecule has 4 aliphatic carbocycles. The maximum Gasteiger partial charge on any atom is 0.255 e. The molecule has 0 atom stereocenters. The molecule has 5 heteroatoms. The summed E-state index contributed by atoms with van der Waals surface area (Å²) in [5, 5.41) is 17.4.